The molecule has 0 amide bonds. The van der Waals surface area contributed by atoms with E-state index in [0.717, 1.165) is 11.9 Å². The molecule has 0 saturated carbocycles. The molecule has 2 atom stereocenters. The normalized spacial score (nSPS) is 30.1. The van der Waals surface area contributed by atoms with Crippen molar-refractivity contribution in [1.82, 2.24) is 0 Å². The van der Waals surface area contributed by atoms with Crippen LogP contribution < -0.4 is 0 Å². The first-order valence-electron chi connectivity index (χ1n) is 6.12. The van der Waals surface area contributed by atoms with Crippen LogP contribution in [0.2, 0.25) is 0 Å². The van der Waals surface area contributed by atoms with E-state index in [4.69, 9.17) is 0 Å². The zero-order valence-electron chi connectivity index (χ0n) is 11.7. The summed E-state index contributed by atoms with van der Waals surface area (Å²) in [6.07, 6.45) is 6.46. The molecule has 2 heteroatoms. The SMILES string of the molecule is CC(C)(C)C1=CC=CC(C=O)C1(O)C(C)(C)C. The molecule has 0 spiro atoms. The fraction of sp³-hybridized carbons (Fsp3) is 0.667. The summed E-state index contributed by atoms with van der Waals surface area (Å²) in [5.74, 6) is -0.471. The number of hydrogen-bond acceptors (Lipinski definition) is 2. The van der Waals surface area contributed by atoms with Crippen molar-refractivity contribution in [3.05, 3.63) is 23.8 Å². The van der Waals surface area contributed by atoms with Crippen LogP contribution in [-0.4, -0.2) is 17.0 Å². The maximum atomic E-state index is 11.3. The third-order valence-corrected chi connectivity index (χ3v) is 3.57. The Labute approximate surface area is 104 Å². The van der Waals surface area contributed by atoms with Gasteiger partial charge in [-0.1, -0.05) is 59.8 Å². The summed E-state index contributed by atoms with van der Waals surface area (Å²) in [6, 6.07) is 0. The summed E-state index contributed by atoms with van der Waals surface area (Å²) in [5.41, 5.74) is -0.727. The largest absolute Gasteiger partial charge is 0.384 e. The van der Waals surface area contributed by atoms with Crippen LogP contribution in [0.25, 0.3) is 0 Å². The van der Waals surface area contributed by atoms with E-state index in [2.05, 4.69) is 20.8 Å². The fourth-order valence-electron chi connectivity index (χ4n) is 2.59. The highest BCUT2D eigenvalue weighted by atomic mass is 16.3. The van der Waals surface area contributed by atoms with Crippen molar-refractivity contribution in [3.8, 4) is 0 Å². The van der Waals surface area contributed by atoms with E-state index in [0.29, 0.717) is 0 Å². The summed E-state index contributed by atoms with van der Waals surface area (Å²) in [6.45, 7) is 12.1. The van der Waals surface area contributed by atoms with Gasteiger partial charge in [-0.25, -0.2) is 0 Å². The number of hydrogen-bond donors (Lipinski definition) is 1. The standard InChI is InChI=1S/C15H24O2/c1-13(2,3)12-9-7-8-11(10-16)15(12,17)14(4,5)6/h7-11,17H,1-6H3. The molecule has 0 fully saturated rings. The average molecular weight is 236 g/mol. The Bertz CT molecular complexity index is 363. The van der Waals surface area contributed by atoms with Gasteiger partial charge in [0.1, 0.15) is 11.9 Å². The predicted octanol–water partition coefficient (Wildman–Crippen LogP) is 3.12. The first kappa shape index (κ1) is 14.2. The van der Waals surface area contributed by atoms with Gasteiger partial charge in [-0.3, -0.25) is 0 Å². The Hall–Kier alpha value is -0.890. The summed E-state index contributed by atoms with van der Waals surface area (Å²) in [4.78, 5) is 11.3. The molecule has 0 aromatic heterocycles. The molecule has 0 aromatic carbocycles. The highest BCUT2D eigenvalue weighted by molar-refractivity contribution is 5.63. The molecular formula is C15H24O2. The second-order valence-electron chi connectivity index (χ2n) is 6.89. The Kier molecular flexibility index (Phi) is 3.41. The molecular weight excluding hydrogens is 212 g/mol. The fourth-order valence-corrected chi connectivity index (χ4v) is 2.59. The number of aldehydes is 1. The quantitative estimate of drug-likeness (QED) is 0.710. The highest BCUT2D eigenvalue weighted by Gasteiger charge is 2.52. The Morgan fingerprint density at radius 1 is 1.24 bits per heavy atom. The molecule has 0 bridgehead atoms. The van der Waals surface area contributed by atoms with Gasteiger partial charge in [0.05, 0.1) is 5.92 Å². The number of allylic oxidation sites excluding steroid dienone is 2. The van der Waals surface area contributed by atoms with Crippen molar-refractivity contribution in [2.24, 2.45) is 16.7 Å². The minimum Gasteiger partial charge on any atom is -0.384 e. The smallest absolute Gasteiger partial charge is 0.130 e. The first-order chi connectivity index (χ1) is 7.55. The van der Waals surface area contributed by atoms with Crippen LogP contribution in [0.4, 0.5) is 0 Å². The minimum absolute atomic E-state index is 0.159. The lowest BCUT2D eigenvalue weighted by Gasteiger charge is -2.50. The lowest BCUT2D eigenvalue weighted by atomic mass is 9.58. The molecule has 17 heavy (non-hydrogen) atoms. The molecule has 2 unspecified atom stereocenters. The van der Waals surface area contributed by atoms with Crippen molar-refractivity contribution in [2.75, 3.05) is 0 Å². The molecule has 0 aliphatic heterocycles. The monoisotopic (exact) mass is 236 g/mol. The van der Waals surface area contributed by atoms with Crippen LogP contribution in [0.5, 0.6) is 0 Å². The predicted molar refractivity (Wildman–Crippen MR) is 70.6 cm³/mol. The number of aliphatic hydroxyl groups is 1. The third-order valence-electron chi connectivity index (χ3n) is 3.57. The topological polar surface area (TPSA) is 37.3 Å². The van der Waals surface area contributed by atoms with Gasteiger partial charge < -0.3 is 9.90 Å². The van der Waals surface area contributed by atoms with Crippen LogP contribution in [-0.2, 0) is 4.79 Å². The summed E-state index contributed by atoms with van der Waals surface area (Å²) in [7, 11) is 0. The van der Waals surface area contributed by atoms with Gasteiger partial charge in [-0.2, -0.15) is 0 Å². The van der Waals surface area contributed by atoms with E-state index in [9.17, 15) is 9.90 Å². The van der Waals surface area contributed by atoms with Crippen molar-refractivity contribution < 1.29 is 9.90 Å². The van der Waals surface area contributed by atoms with Crippen molar-refractivity contribution in [2.45, 2.75) is 47.1 Å². The van der Waals surface area contributed by atoms with Crippen LogP contribution >= 0.6 is 0 Å². The van der Waals surface area contributed by atoms with Gasteiger partial charge in [0, 0.05) is 0 Å². The lowest BCUT2D eigenvalue weighted by Crippen LogP contribution is -2.54. The van der Waals surface area contributed by atoms with E-state index in [-0.39, 0.29) is 10.8 Å². The first-order valence-corrected chi connectivity index (χ1v) is 6.12. The van der Waals surface area contributed by atoms with E-state index in [1.54, 1.807) is 6.08 Å². The molecule has 1 aliphatic carbocycles. The number of rotatable bonds is 1. The molecule has 1 aliphatic rings. The van der Waals surface area contributed by atoms with E-state index in [1.165, 1.54) is 0 Å². The molecule has 96 valence electrons. The second kappa shape index (κ2) is 4.09. The number of carbonyl (C=O) groups excluding carboxylic acids is 1. The summed E-state index contributed by atoms with van der Waals surface area (Å²) >= 11 is 0. The van der Waals surface area contributed by atoms with E-state index in [1.807, 2.05) is 32.9 Å². The molecule has 0 aromatic rings. The number of carbonyl (C=O) groups is 1. The zero-order valence-corrected chi connectivity index (χ0v) is 11.7. The molecule has 2 nitrogen and oxygen atoms in total. The van der Waals surface area contributed by atoms with Crippen LogP contribution in [0.15, 0.2) is 23.8 Å². The van der Waals surface area contributed by atoms with Crippen LogP contribution in [0.1, 0.15) is 41.5 Å². The van der Waals surface area contributed by atoms with Gasteiger partial charge in [0.2, 0.25) is 0 Å². The Morgan fingerprint density at radius 3 is 2.12 bits per heavy atom. The second-order valence-corrected chi connectivity index (χ2v) is 6.89. The van der Waals surface area contributed by atoms with Gasteiger partial charge in [-0.15, -0.1) is 0 Å². The van der Waals surface area contributed by atoms with E-state index < -0.39 is 11.5 Å². The maximum absolute atomic E-state index is 11.3. The highest BCUT2D eigenvalue weighted by Crippen LogP contribution is 2.49. The third kappa shape index (κ3) is 2.23. The summed E-state index contributed by atoms with van der Waals surface area (Å²) < 4.78 is 0. The van der Waals surface area contributed by atoms with Crippen LogP contribution in [0.3, 0.4) is 0 Å². The van der Waals surface area contributed by atoms with Gasteiger partial charge in [0.15, 0.2) is 0 Å². The maximum Gasteiger partial charge on any atom is 0.130 e. The molecule has 0 radical (unpaired) electrons. The molecule has 1 N–H and O–H groups in total. The van der Waals surface area contributed by atoms with Crippen molar-refractivity contribution in [3.63, 3.8) is 0 Å². The zero-order chi connectivity index (χ0) is 13.5. The summed E-state index contributed by atoms with van der Waals surface area (Å²) in [5, 5.41) is 11.1. The molecule has 1 rings (SSSR count). The van der Waals surface area contributed by atoms with Gasteiger partial charge in [-0.05, 0) is 16.4 Å². The molecule has 0 saturated heterocycles. The van der Waals surface area contributed by atoms with E-state index >= 15 is 0 Å². The van der Waals surface area contributed by atoms with Gasteiger partial charge in [0.25, 0.3) is 0 Å². The van der Waals surface area contributed by atoms with Crippen molar-refractivity contribution in [1.29, 1.82) is 0 Å². The Balaban J connectivity index is 3.42. The van der Waals surface area contributed by atoms with Crippen molar-refractivity contribution >= 4 is 6.29 Å². The van der Waals surface area contributed by atoms with Gasteiger partial charge >= 0.3 is 0 Å². The van der Waals surface area contributed by atoms with Crippen LogP contribution in [0, 0.1) is 16.7 Å². The average Bonchev–Trinajstić information content (AvgIpc) is 2.14. The Morgan fingerprint density at radius 2 is 1.76 bits per heavy atom. The minimum atomic E-state index is -1.11. The lowest BCUT2D eigenvalue weighted by molar-refractivity contribution is -0.124. The molecule has 0 heterocycles.